The highest BCUT2D eigenvalue weighted by molar-refractivity contribution is 7.47. The van der Waals surface area contributed by atoms with E-state index in [0.29, 0.717) is 24.1 Å². The first-order valence-corrected chi connectivity index (χ1v) is 20.6. The number of phosphoric acid groups is 1. The SMILES string of the molecule is CCCCC/C=C\C/C=C\CCCCCCCCCCOCC(COP(=O)(O)OCC[N+](C)(C)C)OC(=O)CCCCCCCCC. The number of unbranched alkanes of at least 4 members (excludes halogenated alkanes) is 17. The van der Waals surface area contributed by atoms with Crippen molar-refractivity contribution in [2.24, 2.45) is 0 Å². The lowest BCUT2D eigenvalue weighted by molar-refractivity contribution is -0.870. The molecule has 0 aliphatic heterocycles. The zero-order chi connectivity index (χ0) is 34.9. The van der Waals surface area contributed by atoms with Gasteiger partial charge in [0.15, 0.2) is 0 Å². The van der Waals surface area contributed by atoms with Gasteiger partial charge in [-0.3, -0.25) is 13.8 Å². The molecule has 0 aromatic heterocycles. The first-order valence-electron chi connectivity index (χ1n) is 19.1. The molecule has 1 N–H and O–H groups in total. The number of hydrogen-bond acceptors (Lipinski definition) is 6. The Bertz CT molecular complexity index is 812. The molecule has 0 aliphatic rings. The van der Waals surface area contributed by atoms with E-state index in [2.05, 4.69) is 38.2 Å². The summed E-state index contributed by atoms with van der Waals surface area (Å²) < 4.78 is 34.7. The van der Waals surface area contributed by atoms with Crippen LogP contribution in [-0.4, -0.2) is 75.6 Å². The van der Waals surface area contributed by atoms with E-state index in [1.54, 1.807) is 0 Å². The van der Waals surface area contributed by atoms with Crippen molar-refractivity contribution >= 4 is 13.8 Å². The Balaban J connectivity index is 4.17. The number of ether oxygens (including phenoxy) is 2. The number of carbonyl (C=O) groups is 1. The summed E-state index contributed by atoms with van der Waals surface area (Å²) in [7, 11) is 1.66. The summed E-state index contributed by atoms with van der Waals surface area (Å²) in [4.78, 5) is 22.6. The normalized spacial score (nSPS) is 14.3. The lowest BCUT2D eigenvalue weighted by Gasteiger charge is -2.24. The van der Waals surface area contributed by atoms with Gasteiger partial charge in [-0.25, -0.2) is 4.57 Å². The summed E-state index contributed by atoms with van der Waals surface area (Å²) in [5, 5.41) is 0. The largest absolute Gasteiger partial charge is 0.472 e. The van der Waals surface area contributed by atoms with E-state index in [1.165, 1.54) is 96.3 Å². The fourth-order valence-corrected chi connectivity index (χ4v) is 5.73. The van der Waals surface area contributed by atoms with Crippen LogP contribution >= 0.6 is 7.82 Å². The maximum Gasteiger partial charge on any atom is 0.472 e. The van der Waals surface area contributed by atoms with Crippen LogP contribution in [0.25, 0.3) is 0 Å². The maximum absolute atomic E-state index is 12.5. The molecular formula is C38H75NO7P+. The van der Waals surface area contributed by atoms with Gasteiger partial charge in [0, 0.05) is 13.0 Å². The lowest BCUT2D eigenvalue weighted by atomic mass is 10.1. The van der Waals surface area contributed by atoms with Gasteiger partial charge in [0.2, 0.25) is 0 Å². The Labute approximate surface area is 290 Å². The second kappa shape index (κ2) is 32.2. The molecule has 0 heterocycles. The summed E-state index contributed by atoms with van der Waals surface area (Å²) in [6.45, 7) is 5.54. The van der Waals surface area contributed by atoms with Crippen molar-refractivity contribution in [1.29, 1.82) is 0 Å². The van der Waals surface area contributed by atoms with Crippen molar-refractivity contribution in [3.05, 3.63) is 24.3 Å². The summed E-state index contributed by atoms with van der Waals surface area (Å²) in [6.07, 6.45) is 33.6. The number of hydrogen-bond donors (Lipinski definition) is 1. The molecule has 2 atom stereocenters. The lowest BCUT2D eigenvalue weighted by Crippen LogP contribution is -2.37. The van der Waals surface area contributed by atoms with Crippen molar-refractivity contribution < 1.29 is 37.3 Å². The Kier molecular flexibility index (Phi) is 31.5. The van der Waals surface area contributed by atoms with E-state index in [1.807, 2.05) is 21.1 Å². The molecule has 0 saturated heterocycles. The average molecular weight is 689 g/mol. The second-order valence-corrected chi connectivity index (χ2v) is 15.4. The first-order chi connectivity index (χ1) is 22.6. The van der Waals surface area contributed by atoms with E-state index >= 15 is 0 Å². The Morgan fingerprint density at radius 3 is 1.77 bits per heavy atom. The summed E-state index contributed by atoms with van der Waals surface area (Å²) in [5.41, 5.74) is 0. The Hall–Kier alpha value is -1.02. The second-order valence-electron chi connectivity index (χ2n) is 14.0. The molecule has 278 valence electrons. The van der Waals surface area contributed by atoms with Crippen LogP contribution in [0, 0.1) is 0 Å². The third-order valence-electron chi connectivity index (χ3n) is 8.02. The van der Waals surface area contributed by atoms with Gasteiger partial charge in [-0.1, -0.05) is 128 Å². The van der Waals surface area contributed by atoms with E-state index < -0.39 is 13.9 Å². The molecule has 0 spiro atoms. The van der Waals surface area contributed by atoms with Crippen LogP contribution in [0.3, 0.4) is 0 Å². The van der Waals surface area contributed by atoms with E-state index in [4.69, 9.17) is 18.5 Å². The Morgan fingerprint density at radius 1 is 0.660 bits per heavy atom. The molecule has 0 rings (SSSR count). The molecule has 0 bridgehead atoms. The summed E-state index contributed by atoms with van der Waals surface area (Å²) in [5.74, 6) is -0.323. The molecule has 0 fully saturated rings. The van der Waals surface area contributed by atoms with E-state index in [0.717, 1.165) is 38.5 Å². The van der Waals surface area contributed by atoms with Gasteiger partial charge in [0.1, 0.15) is 19.3 Å². The first kappa shape index (κ1) is 46.0. The standard InChI is InChI=1S/C38H74NO7P/c1-6-8-10-12-14-15-16-17-18-19-20-21-22-23-24-26-28-30-33-43-35-37(36-45-47(41,42)44-34-32-39(3,4)5)46-38(40)31-29-27-25-13-11-9-7-2/h14-15,17-18,37H,6-13,16,19-36H2,1-5H3/p+1/b15-14-,18-17-. The number of allylic oxidation sites excluding steroid dienone is 4. The minimum Gasteiger partial charge on any atom is -0.457 e. The number of phosphoric ester groups is 1. The molecule has 0 aromatic carbocycles. The number of esters is 1. The fraction of sp³-hybridized carbons (Fsp3) is 0.868. The van der Waals surface area contributed by atoms with Crippen LogP contribution in [0.4, 0.5) is 0 Å². The zero-order valence-corrected chi connectivity index (χ0v) is 32.2. The van der Waals surface area contributed by atoms with E-state index in [-0.39, 0.29) is 25.8 Å². The van der Waals surface area contributed by atoms with Crippen molar-refractivity contribution in [1.82, 2.24) is 0 Å². The van der Waals surface area contributed by atoms with Crippen LogP contribution < -0.4 is 0 Å². The number of rotatable bonds is 35. The zero-order valence-electron chi connectivity index (χ0n) is 31.3. The number of likely N-dealkylation sites (N-methyl/N-ethyl adjacent to an activating group) is 1. The average Bonchev–Trinajstić information content (AvgIpc) is 3.01. The van der Waals surface area contributed by atoms with Gasteiger partial charge >= 0.3 is 13.8 Å². The van der Waals surface area contributed by atoms with Crippen LogP contribution in [0.15, 0.2) is 24.3 Å². The highest BCUT2D eigenvalue weighted by atomic mass is 31.2. The molecule has 8 nitrogen and oxygen atoms in total. The molecule has 47 heavy (non-hydrogen) atoms. The molecule has 2 unspecified atom stereocenters. The van der Waals surface area contributed by atoms with Crippen molar-refractivity contribution in [2.45, 2.75) is 161 Å². The monoisotopic (exact) mass is 689 g/mol. The van der Waals surface area contributed by atoms with Gasteiger partial charge in [-0.2, -0.15) is 0 Å². The van der Waals surface area contributed by atoms with Crippen LogP contribution in [0.2, 0.25) is 0 Å². The number of carbonyl (C=O) groups excluding carboxylic acids is 1. The van der Waals surface area contributed by atoms with Gasteiger partial charge in [-0.05, 0) is 44.9 Å². The van der Waals surface area contributed by atoms with Crippen LogP contribution in [0.5, 0.6) is 0 Å². The summed E-state index contributed by atoms with van der Waals surface area (Å²) in [6, 6.07) is 0. The fourth-order valence-electron chi connectivity index (χ4n) is 4.99. The number of nitrogens with zero attached hydrogens (tertiary/aromatic N) is 1. The predicted octanol–water partition coefficient (Wildman–Crippen LogP) is 10.5. The van der Waals surface area contributed by atoms with Crippen LogP contribution in [-0.2, 0) is 27.9 Å². The van der Waals surface area contributed by atoms with Gasteiger partial charge < -0.3 is 18.9 Å². The third-order valence-corrected chi connectivity index (χ3v) is 9.00. The minimum atomic E-state index is -4.26. The molecule has 0 aromatic rings. The number of quaternary nitrogens is 1. The molecular weight excluding hydrogens is 613 g/mol. The van der Waals surface area contributed by atoms with Crippen LogP contribution in [0.1, 0.15) is 155 Å². The molecule has 0 saturated carbocycles. The maximum atomic E-state index is 12.5. The quantitative estimate of drug-likeness (QED) is 0.0233. The topological polar surface area (TPSA) is 91.3 Å². The van der Waals surface area contributed by atoms with Gasteiger partial charge in [-0.15, -0.1) is 0 Å². The smallest absolute Gasteiger partial charge is 0.457 e. The van der Waals surface area contributed by atoms with Gasteiger partial charge in [0.25, 0.3) is 0 Å². The highest BCUT2D eigenvalue weighted by Crippen LogP contribution is 2.43. The predicted molar refractivity (Wildman–Crippen MR) is 197 cm³/mol. The minimum absolute atomic E-state index is 0.0885. The highest BCUT2D eigenvalue weighted by Gasteiger charge is 2.26. The van der Waals surface area contributed by atoms with Crippen molar-refractivity contribution in [3.63, 3.8) is 0 Å². The third kappa shape index (κ3) is 36.1. The molecule has 0 radical (unpaired) electrons. The van der Waals surface area contributed by atoms with E-state index in [9.17, 15) is 14.3 Å². The van der Waals surface area contributed by atoms with Gasteiger partial charge in [0.05, 0.1) is 34.4 Å². The molecule has 0 amide bonds. The van der Waals surface area contributed by atoms with Crippen molar-refractivity contribution in [3.8, 4) is 0 Å². The molecule has 9 heteroatoms. The Morgan fingerprint density at radius 2 is 1.17 bits per heavy atom. The molecule has 0 aliphatic carbocycles. The van der Waals surface area contributed by atoms with Crippen molar-refractivity contribution in [2.75, 3.05) is 54.1 Å². The summed E-state index contributed by atoms with van der Waals surface area (Å²) >= 11 is 0.